The van der Waals surface area contributed by atoms with Crippen LogP contribution < -0.4 is 5.32 Å². The molecule has 1 aromatic rings. The molecule has 2 fully saturated rings. The van der Waals surface area contributed by atoms with Gasteiger partial charge in [-0.15, -0.1) is 0 Å². The van der Waals surface area contributed by atoms with Crippen LogP contribution in [-0.2, 0) is 19.0 Å². The summed E-state index contributed by atoms with van der Waals surface area (Å²) in [4.78, 5) is 24.4. The highest BCUT2D eigenvalue weighted by Crippen LogP contribution is 2.29. The molecule has 6 nitrogen and oxygen atoms in total. The van der Waals surface area contributed by atoms with Gasteiger partial charge in [0.05, 0.1) is 24.2 Å². The molecule has 1 aliphatic carbocycles. The average molecular weight is 404 g/mol. The molecule has 0 unspecified atom stereocenters. The van der Waals surface area contributed by atoms with Crippen LogP contribution in [0.3, 0.4) is 0 Å². The van der Waals surface area contributed by atoms with E-state index in [4.69, 9.17) is 14.2 Å². The molecule has 0 radical (unpaired) electrons. The number of benzene rings is 1. The molecule has 1 aliphatic heterocycles. The van der Waals surface area contributed by atoms with Crippen molar-refractivity contribution in [2.45, 2.75) is 76.7 Å². The van der Waals surface area contributed by atoms with E-state index in [2.05, 4.69) is 5.32 Å². The van der Waals surface area contributed by atoms with E-state index >= 15 is 0 Å². The van der Waals surface area contributed by atoms with Gasteiger partial charge in [-0.2, -0.15) is 0 Å². The Labute approximate surface area is 173 Å². The van der Waals surface area contributed by atoms with Crippen molar-refractivity contribution in [3.05, 3.63) is 35.9 Å². The zero-order valence-electron chi connectivity index (χ0n) is 17.7. The monoisotopic (exact) mass is 403 g/mol. The molecular weight excluding hydrogens is 370 g/mol. The van der Waals surface area contributed by atoms with Crippen LogP contribution in [-0.4, -0.2) is 48.9 Å². The van der Waals surface area contributed by atoms with Crippen molar-refractivity contribution < 1.29 is 23.8 Å². The fourth-order valence-corrected chi connectivity index (χ4v) is 3.90. The van der Waals surface area contributed by atoms with E-state index in [1.165, 1.54) is 0 Å². The van der Waals surface area contributed by atoms with Gasteiger partial charge in [0.1, 0.15) is 11.7 Å². The van der Waals surface area contributed by atoms with Gasteiger partial charge in [-0.05, 0) is 58.6 Å². The Morgan fingerprint density at radius 3 is 2.38 bits per heavy atom. The Balaban J connectivity index is 1.34. The number of rotatable bonds is 6. The summed E-state index contributed by atoms with van der Waals surface area (Å²) < 4.78 is 17.2. The summed E-state index contributed by atoms with van der Waals surface area (Å²) in [5, 5.41) is 3.38. The van der Waals surface area contributed by atoms with E-state index in [-0.39, 0.29) is 36.1 Å². The topological polar surface area (TPSA) is 73.9 Å². The molecule has 3 rings (SSSR count). The number of carbonyl (C=O) groups excluding carboxylic acids is 2. The summed E-state index contributed by atoms with van der Waals surface area (Å²) in [5.41, 5.74) is 0.146. The minimum atomic E-state index is -0.431. The number of hydrogen-bond acceptors (Lipinski definition) is 6. The van der Waals surface area contributed by atoms with E-state index in [9.17, 15) is 9.59 Å². The second kappa shape index (κ2) is 9.72. The molecule has 29 heavy (non-hydrogen) atoms. The summed E-state index contributed by atoms with van der Waals surface area (Å²) in [6, 6.07) is 9.25. The van der Waals surface area contributed by atoms with E-state index in [0.717, 1.165) is 32.1 Å². The van der Waals surface area contributed by atoms with Crippen LogP contribution in [0.5, 0.6) is 0 Å². The first kappa shape index (κ1) is 21.8. The standard InChI is InChI=1S/C23H33NO5/c1-23(2,3)29-22(26)17-9-11-19(12-10-17)27-15-18-13-20(14-24-18)28-21(25)16-7-5-4-6-8-16/h4-8,17-20,24H,9-15H2,1-3H3/t17?,18-,19?,20+/m0/s1. The first-order chi connectivity index (χ1) is 13.8. The molecule has 2 atom stereocenters. The first-order valence-corrected chi connectivity index (χ1v) is 10.6. The second-order valence-corrected chi connectivity index (χ2v) is 9.07. The van der Waals surface area contributed by atoms with Gasteiger partial charge in [0, 0.05) is 19.0 Å². The van der Waals surface area contributed by atoms with Crippen LogP contribution >= 0.6 is 0 Å². The molecule has 160 valence electrons. The van der Waals surface area contributed by atoms with Gasteiger partial charge in [-0.3, -0.25) is 4.79 Å². The van der Waals surface area contributed by atoms with Crippen LogP contribution in [0.4, 0.5) is 0 Å². The maximum absolute atomic E-state index is 12.2. The zero-order chi connectivity index (χ0) is 20.9. The van der Waals surface area contributed by atoms with Gasteiger partial charge in [0.15, 0.2) is 0 Å². The summed E-state index contributed by atoms with van der Waals surface area (Å²) >= 11 is 0. The van der Waals surface area contributed by atoms with Crippen LogP contribution in [0.1, 0.15) is 63.2 Å². The lowest BCUT2D eigenvalue weighted by molar-refractivity contribution is -0.162. The molecule has 6 heteroatoms. The first-order valence-electron chi connectivity index (χ1n) is 10.6. The van der Waals surface area contributed by atoms with Crippen molar-refractivity contribution in [1.29, 1.82) is 0 Å². The van der Waals surface area contributed by atoms with Gasteiger partial charge < -0.3 is 19.5 Å². The Bertz CT molecular complexity index is 676. The normalized spacial score (nSPS) is 27.4. The number of nitrogens with one attached hydrogen (secondary N) is 1. The van der Waals surface area contributed by atoms with Crippen molar-refractivity contribution in [3.63, 3.8) is 0 Å². The molecule has 0 spiro atoms. The lowest BCUT2D eigenvalue weighted by Crippen LogP contribution is -2.34. The van der Waals surface area contributed by atoms with Crippen molar-refractivity contribution in [2.24, 2.45) is 5.92 Å². The van der Waals surface area contributed by atoms with E-state index < -0.39 is 5.60 Å². The van der Waals surface area contributed by atoms with Crippen molar-refractivity contribution in [2.75, 3.05) is 13.2 Å². The molecular formula is C23H33NO5. The number of carbonyl (C=O) groups is 2. The van der Waals surface area contributed by atoms with Crippen molar-refractivity contribution in [1.82, 2.24) is 5.32 Å². The predicted molar refractivity (Wildman–Crippen MR) is 110 cm³/mol. The van der Waals surface area contributed by atoms with Crippen LogP contribution in [0.2, 0.25) is 0 Å². The number of hydrogen-bond donors (Lipinski definition) is 1. The van der Waals surface area contributed by atoms with Crippen LogP contribution in [0.15, 0.2) is 30.3 Å². The SMILES string of the molecule is CC(C)(C)OC(=O)C1CCC(OC[C@@H]2C[C@@H](OC(=O)c3ccccc3)CN2)CC1. The van der Waals surface area contributed by atoms with E-state index in [0.29, 0.717) is 18.7 Å². The molecule has 1 aromatic carbocycles. The summed E-state index contributed by atoms with van der Waals surface area (Å²) in [5.74, 6) is -0.378. The highest BCUT2D eigenvalue weighted by Gasteiger charge is 2.32. The fraction of sp³-hybridized carbons (Fsp3) is 0.652. The van der Waals surface area contributed by atoms with Gasteiger partial charge >= 0.3 is 11.9 Å². The molecule has 1 saturated heterocycles. The third kappa shape index (κ3) is 6.82. The predicted octanol–water partition coefficient (Wildman–Crippen LogP) is 3.49. The highest BCUT2D eigenvalue weighted by atomic mass is 16.6. The summed E-state index contributed by atoms with van der Waals surface area (Å²) in [7, 11) is 0. The van der Waals surface area contributed by atoms with Crippen molar-refractivity contribution in [3.8, 4) is 0 Å². The van der Waals surface area contributed by atoms with E-state index in [1.807, 2.05) is 39.0 Å². The van der Waals surface area contributed by atoms with Gasteiger partial charge in [0.2, 0.25) is 0 Å². The largest absolute Gasteiger partial charge is 0.460 e. The third-order valence-corrected chi connectivity index (χ3v) is 5.41. The maximum Gasteiger partial charge on any atom is 0.338 e. The zero-order valence-corrected chi connectivity index (χ0v) is 17.7. The molecule has 1 saturated carbocycles. The average Bonchev–Trinajstić information content (AvgIpc) is 3.13. The fourth-order valence-electron chi connectivity index (χ4n) is 3.90. The van der Waals surface area contributed by atoms with Gasteiger partial charge in [0.25, 0.3) is 0 Å². The Kier molecular flexibility index (Phi) is 7.30. The Hall–Kier alpha value is -1.92. The van der Waals surface area contributed by atoms with Crippen LogP contribution in [0, 0.1) is 5.92 Å². The molecule has 2 aliphatic rings. The quantitative estimate of drug-likeness (QED) is 0.733. The van der Waals surface area contributed by atoms with Crippen LogP contribution in [0.25, 0.3) is 0 Å². The summed E-state index contributed by atoms with van der Waals surface area (Å²) in [6.45, 7) is 6.95. The minimum Gasteiger partial charge on any atom is -0.460 e. The summed E-state index contributed by atoms with van der Waals surface area (Å²) in [6.07, 6.45) is 4.20. The molecule has 0 bridgehead atoms. The maximum atomic E-state index is 12.2. The lowest BCUT2D eigenvalue weighted by Gasteiger charge is -2.30. The number of esters is 2. The van der Waals surface area contributed by atoms with E-state index in [1.54, 1.807) is 12.1 Å². The molecule has 0 aromatic heterocycles. The van der Waals surface area contributed by atoms with Gasteiger partial charge in [-0.25, -0.2) is 4.79 Å². The lowest BCUT2D eigenvalue weighted by atomic mass is 9.87. The molecule has 0 amide bonds. The molecule has 1 heterocycles. The number of ether oxygens (including phenoxy) is 3. The Morgan fingerprint density at radius 2 is 1.72 bits per heavy atom. The van der Waals surface area contributed by atoms with Gasteiger partial charge in [-0.1, -0.05) is 18.2 Å². The Morgan fingerprint density at radius 1 is 1.03 bits per heavy atom. The minimum absolute atomic E-state index is 0.0135. The smallest absolute Gasteiger partial charge is 0.338 e. The third-order valence-electron chi connectivity index (χ3n) is 5.41. The second-order valence-electron chi connectivity index (χ2n) is 9.07. The molecule has 1 N–H and O–H groups in total. The highest BCUT2D eigenvalue weighted by molar-refractivity contribution is 5.89. The van der Waals surface area contributed by atoms with Crippen molar-refractivity contribution >= 4 is 11.9 Å².